The van der Waals surface area contributed by atoms with Crippen LogP contribution in [0.15, 0.2) is 22.3 Å². The molecule has 0 amide bonds. The van der Waals surface area contributed by atoms with Gasteiger partial charge in [-0.25, -0.2) is 0 Å². The van der Waals surface area contributed by atoms with Crippen LogP contribution in [0.5, 0.6) is 0 Å². The minimum Gasteiger partial charge on any atom is -0.295 e. The molecule has 0 fully saturated rings. The van der Waals surface area contributed by atoms with E-state index in [0.29, 0.717) is 0 Å². The lowest BCUT2D eigenvalue weighted by atomic mass is 10.5. The van der Waals surface area contributed by atoms with Crippen molar-refractivity contribution in [1.29, 1.82) is 0 Å². The van der Waals surface area contributed by atoms with E-state index in [2.05, 4.69) is 9.98 Å². The molecule has 2 heteroatoms. The molecule has 9 heavy (non-hydrogen) atoms. The Hall–Kier alpha value is -0.920. The van der Waals surface area contributed by atoms with Crippen molar-refractivity contribution in [2.45, 2.75) is 13.8 Å². The van der Waals surface area contributed by atoms with Gasteiger partial charge in [0.15, 0.2) is 0 Å². The molecule has 0 aromatic heterocycles. The molecular formula is C7H12N2. The highest BCUT2D eigenvalue weighted by Crippen LogP contribution is 1.76. The summed E-state index contributed by atoms with van der Waals surface area (Å²) in [6, 6.07) is 0. The Bertz CT molecular complexity index is 143. The lowest BCUT2D eigenvalue weighted by molar-refractivity contribution is 1.46. The van der Waals surface area contributed by atoms with Crippen molar-refractivity contribution in [3.05, 3.63) is 12.3 Å². The maximum Gasteiger partial charge on any atom is 0.0550 e. The number of aliphatic imine (C=N–C) groups is 2. The maximum atomic E-state index is 4.02. The van der Waals surface area contributed by atoms with Gasteiger partial charge in [0.25, 0.3) is 0 Å². The van der Waals surface area contributed by atoms with Gasteiger partial charge in [-0.3, -0.25) is 9.98 Å². The number of nitrogens with zero attached hydrogens (tertiary/aromatic N) is 2. The first-order valence-corrected chi connectivity index (χ1v) is 2.89. The van der Waals surface area contributed by atoms with Crippen molar-refractivity contribution in [2.75, 3.05) is 7.05 Å². The summed E-state index contributed by atoms with van der Waals surface area (Å²) < 4.78 is 0. The van der Waals surface area contributed by atoms with Crippen LogP contribution in [0, 0.1) is 0 Å². The van der Waals surface area contributed by atoms with Crippen LogP contribution < -0.4 is 0 Å². The zero-order valence-electron chi connectivity index (χ0n) is 6.13. The van der Waals surface area contributed by atoms with E-state index in [4.69, 9.17) is 0 Å². The van der Waals surface area contributed by atoms with E-state index in [1.165, 1.54) is 0 Å². The Morgan fingerprint density at radius 2 is 2.11 bits per heavy atom. The standard InChI is InChI=1S/C7H12N2/c1-4-5-9-7(2)6-8-3/h4-6H,1-3H3/b5-4-,8-6?,9-7?. The van der Waals surface area contributed by atoms with Crippen LogP contribution in [0.2, 0.25) is 0 Å². The summed E-state index contributed by atoms with van der Waals surface area (Å²) >= 11 is 0. The lowest BCUT2D eigenvalue weighted by Gasteiger charge is -1.82. The van der Waals surface area contributed by atoms with Crippen LogP contribution >= 0.6 is 0 Å². The number of hydrogen-bond donors (Lipinski definition) is 0. The highest BCUT2D eigenvalue weighted by molar-refractivity contribution is 6.29. The number of allylic oxidation sites excluding steroid dienone is 1. The molecule has 0 saturated carbocycles. The van der Waals surface area contributed by atoms with Crippen molar-refractivity contribution in [1.82, 2.24) is 0 Å². The van der Waals surface area contributed by atoms with Gasteiger partial charge in [0.1, 0.15) is 0 Å². The van der Waals surface area contributed by atoms with Gasteiger partial charge >= 0.3 is 0 Å². The first kappa shape index (κ1) is 8.08. The van der Waals surface area contributed by atoms with Gasteiger partial charge < -0.3 is 0 Å². The minimum atomic E-state index is 0.926. The summed E-state index contributed by atoms with van der Waals surface area (Å²) in [6.45, 7) is 3.84. The van der Waals surface area contributed by atoms with E-state index in [-0.39, 0.29) is 0 Å². The van der Waals surface area contributed by atoms with Crippen LogP contribution in [0.3, 0.4) is 0 Å². The van der Waals surface area contributed by atoms with E-state index >= 15 is 0 Å². The molecule has 0 bridgehead atoms. The molecule has 0 heterocycles. The Labute approximate surface area is 56.0 Å². The number of rotatable bonds is 2. The predicted octanol–water partition coefficient (Wildman–Crippen LogP) is 1.68. The Kier molecular flexibility index (Phi) is 4.69. The van der Waals surface area contributed by atoms with Crippen LogP contribution in [-0.2, 0) is 0 Å². The number of hydrogen-bond acceptors (Lipinski definition) is 2. The lowest BCUT2D eigenvalue weighted by Crippen LogP contribution is -1.89. The molecule has 2 nitrogen and oxygen atoms in total. The second-order valence-electron chi connectivity index (χ2n) is 1.64. The van der Waals surface area contributed by atoms with E-state index in [0.717, 1.165) is 5.71 Å². The highest BCUT2D eigenvalue weighted by Gasteiger charge is 1.75. The van der Waals surface area contributed by atoms with E-state index in [1.807, 2.05) is 19.9 Å². The van der Waals surface area contributed by atoms with E-state index in [1.54, 1.807) is 19.5 Å². The largest absolute Gasteiger partial charge is 0.295 e. The average molecular weight is 124 g/mol. The average Bonchev–Trinajstić information content (AvgIpc) is 1.85. The highest BCUT2D eigenvalue weighted by atomic mass is 14.7. The van der Waals surface area contributed by atoms with Gasteiger partial charge in [0.05, 0.1) is 5.71 Å². The van der Waals surface area contributed by atoms with Crippen molar-refractivity contribution in [3.8, 4) is 0 Å². The fraction of sp³-hybridized carbons (Fsp3) is 0.429. The van der Waals surface area contributed by atoms with Crippen LogP contribution in [0.4, 0.5) is 0 Å². The van der Waals surface area contributed by atoms with Crippen molar-refractivity contribution in [2.24, 2.45) is 9.98 Å². The summed E-state index contributed by atoms with van der Waals surface area (Å²) in [5.41, 5.74) is 0.926. The van der Waals surface area contributed by atoms with Crippen molar-refractivity contribution >= 4 is 11.9 Å². The maximum absolute atomic E-state index is 4.02. The van der Waals surface area contributed by atoms with Gasteiger partial charge in [-0.2, -0.15) is 0 Å². The predicted molar refractivity (Wildman–Crippen MR) is 42.3 cm³/mol. The molecule has 0 atom stereocenters. The summed E-state index contributed by atoms with van der Waals surface area (Å²) in [7, 11) is 1.73. The van der Waals surface area contributed by atoms with Gasteiger partial charge in [-0.1, -0.05) is 6.08 Å². The Morgan fingerprint density at radius 3 is 2.56 bits per heavy atom. The zero-order chi connectivity index (χ0) is 7.11. The van der Waals surface area contributed by atoms with Gasteiger partial charge in [-0.05, 0) is 13.8 Å². The van der Waals surface area contributed by atoms with Crippen LogP contribution in [0.1, 0.15) is 13.8 Å². The molecule has 0 aliphatic rings. The minimum absolute atomic E-state index is 0.926. The Morgan fingerprint density at radius 1 is 1.44 bits per heavy atom. The molecule has 0 saturated heterocycles. The normalized spacial score (nSPS) is 13.9. The van der Waals surface area contributed by atoms with Gasteiger partial charge in [0.2, 0.25) is 0 Å². The summed E-state index contributed by atoms with van der Waals surface area (Å²) in [5, 5.41) is 0. The second kappa shape index (κ2) is 5.22. The third-order valence-electron chi connectivity index (χ3n) is 0.743. The molecule has 0 aromatic carbocycles. The molecule has 50 valence electrons. The third kappa shape index (κ3) is 4.94. The monoisotopic (exact) mass is 124 g/mol. The quantitative estimate of drug-likeness (QED) is 0.500. The molecule has 0 spiro atoms. The molecule has 0 unspecified atom stereocenters. The Balaban J connectivity index is 3.84. The van der Waals surface area contributed by atoms with Crippen LogP contribution in [0.25, 0.3) is 0 Å². The first-order valence-electron chi connectivity index (χ1n) is 2.89. The molecule has 0 N–H and O–H groups in total. The summed E-state index contributed by atoms with van der Waals surface area (Å²) in [5.74, 6) is 0. The fourth-order valence-electron chi connectivity index (χ4n) is 0.412. The SMILES string of the molecule is C/C=C\N=C(C)C=NC. The van der Waals surface area contributed by atoms with Crippen molar-refractivity contribution < 1.29 is 0 Å². The molecule has 0 rings (SSSR count). The summed E-state index contributed by atoms with van der Waals surface area (Å²) in [4.78, 5) is 7.82. The fourth-order valence-corrected chi connectivity index (χ4v) is 0.412. The topological polar surface area (TPSA) is 24.7 Å². The van der Waals surface area contributed by atoms with E-state index < -0.39 is 0 Å². The van der Waals surface area contributed by atoms with Gasteiger partial charge in [0, 0.05) is 19.5 Å². The van der Waals surface area contributed by atoms with Crippen LogP contribution in [-0.4, -0.2) is 19.0 Å². The molecule has 0 radical (unpaired) electrons. The van der Waals surface area contributed by atoms with E-state index in [9.17, 15) is 0 Å². The smallest absolute Gasteiger partial charge is 0.0550 e. The molecule has 0 aromatic rings. The van der Waals surface area contributed by atoms with Gasteiger partial charge in [-0.15, -0.1) is 0 Å². The summed E-state index contributed by atoms with van der Waals surface area (Å²) in [6.07, 6.45) is 5.35. The first-order chi connectivity index (χ1) is 4.31. The molecule has 0 aliphatic heterocycles. The molecule has 0 aliphatic carbocycles. The third-order valence-corrected chi connectivity index (χ3v) is 0.743. The second-order valence-corrected chi connectivity index (χ2v) is 1.64. The molecular weight excluding hydrogens is 112 g/mol. The zero-order valence-corrected chi connectivity index (χ0v) is 6.13. The van der Waals surface area contributed by atoms with Crippen molar-refractivity contribution in [3.63, 3.8) is 0 Å².